The van der Waals surface area contributed by atoms with Crippen LogP contribution in [0, 0.1) is 15.9 Å². The molecule has 0 heterocycles. The van der Waals surface area contributed by atoms with Gasteiger partial charge < -0.3 is 10.5 Å². The summed E-state index contributed by atoms with van der Waals surface area (Å²) in [6.07, 6.45) is -1.27. The van der Waals surface area contributed by atoms with Crippen LogP contribution in [0.4, 0.5) is 10.1 Å². The average molecular weight is 307 g/mol. The van der Waals surface area contributed by atoms with Gasteiger partial charge in [0, 0.05) is 12.1 Å². The summed E-state index contributed by atoms with van der Waals surface area (Å²) in [7, 11) is -4.48. The Kier molecular flexibility index (Phi) is 4.25. The summed E-state index contributed by atoms with van der Waals surface area (Å²) < 4.78 is 40.5. The number of primary sulfonamides is 1. The minimum atomic E-state index is -4.48. The smallest absolute Gasteiger partial charge is 0.312 e. The molecule has 1 atom stereocenters. The Morgan fingerprint density at radius 1 is 1.50 bits per heavy atom. The molecule has 0 bridgehead atoms. The van der Waals surface area contributed by atoms with Crippen molar-refractivity contribution in [1.29, 1.82) is 0 Å². The first-order valence-electron chi connectivity index (χ1n) is 5.00. The number of rotatable bonds is 5. The summed E-state index contributed by atoms with van der Waals surface area (Å²) in [5.74, 6) is -2.91. The molecular weight excluding hydrogens is 297 g/mol. The molecule has 0 spiro atoms. The van der Waals surface area contributed by atoms with E-state index in [4.69, 9.17) is 15.6 Å². The zero-order valence-electron chi connectivity index (χ0n) is 10.1. The van der Waals surface area contributed by atoms with E-state index < -0.39 is 49.1 Å². The summed E-state index contributed by atoms with van der Waals surface area (Å²) in [5.41, 5.74) is 4.05. The Morgan fingerprint density at radius 3 is 2.45 bits per heavy atom. The van der Waals surface area contributed by atoms with E-state index in [9.17, 15) is 27.7 Å². The number of nitro benzene ring substituents is 1. The van der Waals surface area contributed by atoms with Crippen LogP contribution in [0.25, 0.3) is 0 Å². The van der Waals surface area contributed by atoms with Crippen molar-refractivity contribution in [3.63, 3.8) is 0 Å². The van der Waals surface area contributed by atoms with Crippen LogP contribution in [0.1, 0.15) is 6.92 Å². The number of nitrogens with zero attached hydrogens (tertiary/aromatic N) is 1. The molecule has 1 aromatic carbocycles. The maximum absolute atomic E-state index is 13.6. The first kappa shape index (κ1) is 15.8. The lowest BCUT2D eigenvalue weighted by Crippen LogP contribution is -2.31. The van der Waals surface area contributed by atoms with Crippen molar-refractivity contribution in [1.82, 2.24) is 0 Å². The Labute approximate surface area is 112 Å². The van der Waals surface area contributed by atoms with E-state index in [0.717, 1.165) is 0 Å². The normalized spacial score (nSPS) is 12.8. The van der Waals surface area contributed by atoms with Crippen LogP contribution in [-0.4, -0.2) is 25.4 Å². The maximum atomic E-state index is 13.6. The number of primary amides is 1. The third-order valence-electron chi connectivity index (χ3n) is 2.22. The highest BCUT2D eigenvalue weighted by atomic mass is 32.2. The monoisotopic (exact) mass is 307 g/mol. The van der Waals surface area contributed by atoms with Crippen LogP contribution in [0.5, 0.6) is 5.75 Å². The molecule has 0 radical (unpaired) electrons. The van der Waals surface area contributed by atoms with Gasteiger partial charge >= 0.3 is 5.69 Å². The second-order valence-corrected chi connectivity index (χ2v) is 5.24. The van der Waals surface area contributed by atoms with Gasteiger partial charge in [-0.25, -0.2) is 17.9 Å². The fourth-order valence-electron chi connectivity index (χ4n) is 1.23. The highest BCUT2D eigenvalue weighted by Crippen LogP contribution is 2.32. The van der Waals surface area contributed by atoms with Crippen LogP contribution in [0.2, 0.25) is 0 Å². The summed E-state index contributed by atoms with van der Waals surface area (Å²) in [6, 6.07) is 0.866. The molecule has 1 amide bonds. The van der Waals surface area contributed by atoms with Crippen molar-refractivity contribution in [2.45, 2.75) is 17.9 Å². The van der Waals surface area contributed by atoms with Gasteiger partial charge in [0.25, 0.3) is 5.91 Å². The van der Waals surface area contributed by atoms with Crippen LogP contribution < -0.4 is 15.6 Å². The van der Waals surface area contributed by atoms with Gasteiger partial charge in [-0.2, -0.15) is 0 Å². The third kappa shape index (κ3) is 3.39. The lowest BCUT2D eigenvalue weighted by molar-refractivity contribution is -0.386. The predicted octanol–water partition coefficient (Wildman–Crippen LogP) is -0.366. The van der Waals surface area contributed by atoms with Crippen molar-refractivity contribution < 1.29 is 27.3 Å². The van der Waals surface area contributed by atoms with Gasteiger partial charge in [0.05, 0.1) is 4.92 Å². The number of hydrogen-bond acceptors (Lipinski definition) is 6. The molecular formula is C9H10FN3O6S. The Hall–Kier alpha value is -2.27. The lowest BCUT2D eigenvalue weighted by atomic mass is 10.2. The minimum Gasteiger partial charge on any atom is -0.474 e. The zero-order valence-corrected chi connectivity index (χ0v) is 10.9. The molecule has 11 heteroatoms. The first-order chi connectivity index (χ1) is 9.04. The van der Waals surface area contributed by atoms with E-state index in [1.165, 1.54) is 6.92 Å². The van der Waals surface area contributed by atoms with Crippen molar-refractivity contribution in [3.05, 3.63) is 28.1 Å². The molecule has 1 unspecified atom stereocenters. The number of benzene rings is 1. The van der Waals surface area contributed by atoms with E-state index in [2.05, 4.69) is 0 Å². The number of halogens is 1. The van der Waals surface area contributed by atoms with E-state index in [1.54, 1.807) is 0 Å². The van der Waals surface area contributed by atoms with Gasteiger partial charge in [0.2, 0.25) is 15.8 Å². The molecule has 0 aliphatic rings. The lowest BCUT2D eigenvalue weighted by Gasteiger charge is -2.12. The van der Waals surface area contributed by atoms with E-state index in [1.807, 2.05) is 0 Å². The van der Waals surface area contributed by atoms with E-state index in [0.29, 0.717) is 12.1 Å². The van der Waals surface area contributed by atoms with Crippen molar-refractivity contribution >= 4 is 21.6 Å². The molecule has 0 saturated carbocycles. The topological polar surface area (TPSA) is 156 Å². The summed E-state index contributed by atoms with van der Waals surface area (Å²) in [5, 5.41) is 15.5. The molecule has 4 N–H and O–H groups in total. The second kappa shape index (κ2) is 5.38. The Morgan fingerprint density at radius 2 is 2.05 bits per heavy atom. The van der Waals surface area contributed by atoms with Crippen LogP contribution >= 0.6 is 0 Å². The molecule has 20 heavy (non-hydrogen) atoms. The molecule has 0 aromatic heterocycles. The number of nitrogens with two attached hydrogens (primary N) is 2. The zero-order chi connectivity index (χ0) is 15.7. The number of sulfonamides is 1. The molecule has 1 aromatic rings. The minimum absolute atomic E-state index is 0.410. The number of carbonyl (C=O) groups is 1. The van der Waals surface area contributed by atoms with E-state index >= 15 is 0 Å². The largest absolute Gasteiger partial charge is 0.474 e. The van der Waals surface area contributed by atoms with Gasteiger partial charge in [-0.05, 0) is 6.92 Å². The molecule has 1 rings (SSSR count). The summed E-state index contributed by atoms with van der Waals surface area (Å²) >= 11 is 0. The summed E-state index contributed by atoms with van der Waals surface area (Å²) in [4.78, 5) is 19.6. The average Bonchev–Trinajstić information content (AvgIpc) is 2.26. The standard InChI is InChI=1S/C9H10FN3O6S/c1-4(9(11)14)19-7-2-5(10)8(20(12,17)18)3-6(7)13(15)16/h2-4H,1H3,(H2,11,14)(H2,12,17,18). The van der Waals surface area contributed by atoms with Crippen molar-refractivity contribution in [3.8, 4) is 5.75 Å². The fourth-order valence-corrected chi connectivity index (χ4v) is 1.83. The molecule has 0 aliphatic heterocycles. The number of nitro groups is 1. The van der Waals surface area contributed by atoms with Gasteiger partial charge in [-0.15, -0.1) is 0 Å². The molecule has 9 nitrogen and oxygen atoms in total. The van der Waals surface area contributed by atoms with Crippen LogP contribution in [0.3, 0.4) is 0 Å². The van der Waals surface area contributed by atoms with Gasteiger partial charge in [0.15, 0.2) is 6.10 Å². The van der Waals surface area contributed by atoms with Gasteiger partial charge in [-0.1, -0.05) is 0 Å². The van der Waals surface area contributed by atoms with Crippen LogP contribution in [-0.2, 0) is 14.8 Å². The predicted molar refractivity (Wildman–Crippen MR) is 63.7 cm³/mol. The third-order valence-corrected chi connectivity index (χ3v) is 3.15. The Bertz CT molecular complexity index is 675. The van der Waals surface area contributed by atoms with E-state index in [-0.39, 0.29) is 0 Å². The quantitative estimate of drug-likeness (QED) is 0.558. The molecule has 110 valence electrons. The highest BCUT2D eigenvalue weighted by molar-refractivity contribution is 7.89. The number of hydrogen-bond donors (Lipinski definition) is 2. The molecule has 0 aliphatic carbocycles. The number of carbonyl (C=O) groups excluding carboxylic acids is 1. The van der Waals surface area contributed by atoms with Gasteiger partial charge in [-0.3, -0.25) is 14.9 Å². The second-order valence-electron chi connectivity index (χ2n) is 3.71. The number of amides is 1. The fraction of sp³-hybridized carbons (Fsp3) is 0.222. The number of ether oxygens (including phenoxy) is 1. The SMILES string of the molecule is CC(Oc1cc(F)c(S(N)(=O)=O)cc1[N+](=O)[O-])C(N)=O. The molecule has 0 saturated heterocycles. The van der Waals surface area contributed by atoms with Gasteiger partial charge in [0.1, 0.15) is 10.7 Å². The first-order valence-corrected chi connectivity index (χ1v) is 6.55. The van der Waals surface area contributed by atoms with Crippen molar-refractivity contribution in [2.24, 2.45) is 10.9 Å². The highest BCUT2D eigenvalue weighted by Gasteiger charge is 2.26. The van der Waals surface area contributed by atoms with Crippen LogP contribution in [0.15, 0.2) is 17.0 Å². The van der Waals surface area contributed by atoms with Crippen molar-refractivity contribution in [2.75, 3.05) is 0 Å². The summed E-state index contributed by atoms with van der Waals surface area (Å²) in [6.45, 7) is 1.19. The Balaban J connectivity index is 3.43. The maximum Gasteiger partial charge on any atom is 0.312 e. The molecule has 0 fully saturated rings.